The summed E-state index contributed by atoms with van der Waals surface area (Å²) in [6.07, 6.45) is 7.14. The Balaban J connectivity index is 1.84. The minimum Gasteiger partial charge on any atom is -0.387 e. The van der Waals surface area contributed by atoms with Crippen molar-refractivity contribution in [3.8, 4) is 0 Å². The Kier molecular flexibility index (Phi) is 4.79. The molecule has 1 aromatic carbocycles. The van der Waals surface area contributed by atoms with Crippen LogP contribution in [0.15, 0.2) is 30.3 Å². The maximum atomic E-state index is 10.7. The summed E-state index contributed by atoms with van der Waals surface area (Å²) in [4.78, 5) is 0. The smallest absolute Gasteiger partial charge is 0.0908 e. The molecule has 0 bridgehead atoms. The Bertz CT molecular complexity index is 349. The van der Waals surface area contributed by atoms with Crippen LogP contribution in [0.4, 0.5) is 0 Å². The van der Waals surface area contributed by atoms with Crippen LogP contribution in [0.1, 0.15) is 44.1 Å². The molecule has 1 aliphatic rings. The monoisotopic (exact) mass is 248 g/mol. The van der Waals surface area contributed by atoms with Crippen molar-refractivity contribution in [2.24, 2.45) is 0 Å². The number of hydrogen-bond donors (Lipinski definition) is 1. The highest BCUT2D eigenvalue weighted by molar-refractivity contribution is 5.14. The van der Waals surface area contributed by atoms with Gasteiger partial charge in [0, 0.05) is 7.11 Å². The fourth-order valence-corrected chi connectivity index (χ4v) is 3.06. The largest absolute Gasteiger partial charge is 0.387 e. The fourth-order valence-electron chi connectivity index (χ4n) is 3.06. The van der Waals surface area contributed by atoms with Crippen molar-refractivity contribution >= 4 is 0 Å². The highest BCUT2D eigenvalue weighted by Crippen LogP contribution is 2.34. The zero-order chi connectivity index (χ0) is 12.8. The van der Waals surface area contributed by atoms with E-state index in [1.807, 2.05) is 6.07 Å². The van der Waals surface area contributed by atoms with E-state index in [-0.39, 0.29) is 6.10 Å². The van der Waals surface area contributed by atoms with Gasteiger partial charge in [0.15, 0.2) is 0 Å². The molecule has 2 rings (SSSR count). The zero-order valence-corrected chi connectivity index (χ0v) is 11.3. The molecule has 18 heavy (non-hydrogen) atoms. The minimum absolute atomic E-state index is 0.0297. The van der Waals surface area contributed by atoms with E-state index in [1.54, 1.807) is 7.11 Å². The first-order valence-electron chi connectivity index (χ1n) is 7.04. The van der Waals surface area contributed by atoms with Gasteiger partial charge in [0.2, 0.25) is 0 Å². The fraction of sp³-hybridized carbons (Fsp3) is 0.625. The lowest BCUT2D eigenvalue weighted by Gasteiger charge is -2.39. The first-order chi connectivity index (χ1) is 8.74. The molecule has 0 aromatic heterocycles. The molecule has 2 unspecified atom stereocenters. The van der Waals surface area contributed by atoms with Crippen molar-refractivity contribution in [1.29, 1.82) is 0 Å². The van der Waals surface area contributed by atoms with Gasteiger partial charge in [-0.15, -0.1) is 0 Å². The summed E-state index contributed by atoms with van der Waals surface area (Å²) in [7, 11) is 1.72. The number of aliphatic hydroxyl groups is 1. The van der Waals surface area contributed by atoms with E-state index in [2.05, 4.69) is 24.3 Å². The van der Waals surface area contributed by atoms with E-state index in [0.717, 1.165) is 38.5 Å². The molecule has 1 aliphatic carbocycles. The van der Waals surface area contributed by atoms with Gasteiger partial charge >= 0.3 is 0 Å². The molecular weight excluding hydrogens is 224 g/mol. The Morgan fingerprint density at radius 3 is 2.78 bits per heavy atom. The summed E-state index contributed by atoms with van der Waals surface area (Å²) in [5.74, 6) is 0. The van der Waals surface area contributed by atoms with E-state index in [0.29, 0.717) is 0 Å². The maximum absolute atomic E-state index is 10.7. The van der Waals surface area contributed by atoms with Crippen molar-refractivity contribution in [2.75, 3.05) is 7.11 Å². The number of hydrogen-bond acceptors (Lipinski definition) is 2. The van der Waals surface area contributed by atoms with E-state index in [9.17, 15) is 5.11 Å². The Morgan fingerprint density at radius 2 is 2.06 bits per heavy atom. The van der Waals surface area contributed by atoms with Gasteiger partial charge in [-0.1, -0.05) is 43.2 Å². The third-order valence-electron chi connectivity index (χ3n) is 4.13. The van der Waals surface area contributed by atoms with Crippen molar-refractivity contribution < 1.29 is 9.84 Å². The van der Waals surface area contributed by atoms with Gasteiger partial charge in [-0.25, -0.2) is 0 Å². The minimum atomic E-state index is -0.595. The summed E-state index contributed by atoms with van der Waals surface area (Å²) in [6, 6.07) is 10.5. The van der Waals surface area contributed by atoms with Crippen LogP contribution >= 0.6 is 0 Å². The molecule has 0 amide bonds. The topological polar surface area (TPSA) is 29.5 Å². The van der Waals surface area contributed by atoms with Crippen molar-refractivity contribution in [3.63, 3.8) is 0 Å². The van der Waals surface area contributed by atoms with Gasteiger partial charge in [-0.3, -0.25) is 0 Å². The van der Waals surface area contributed by atoms with Gasteiger partial charge in [-0.2, -0.15) is 0 Å². The predicted octanol–water partition coefficient (Wildman–Crippen LogP) is 3.33. The first kappa shape index (κ1) is 13.6. The van der Waals surface area contributed by atoms with E-state index in [4.69, 9.17) is 4.74 Å². The van der Waals surface area contributed by atoms with E-state index >= 15 is 0 Å². The second-order valence-electron chi connectivity index (χ2n) is 5.41. The number of aryl methyl sites for hydroxylation is 1. The number of methoxy groups -OCH3 is 1. The third-order valence-corrected chi connectivity index (χ3v) is 4.13. The maximum Gasteiger partial charge on any atom is 0.0908 e. The van der Waals surface area contributed by atoms with Crippen molar-refractivity contribution in [3.05, 3.63) is 35.9 Å². The highest BCUT2D eigenvalue weighted by atomic mass is 16.5. The molecule has 1 saturated carbocycles. The number of benzene rings is 1. The average Bonchev–Trinajstić information content (AvgIpc) is 2.40. The molecule has 0 aliphatic heterocycles. The van der Waals surface area contributed by atoms with E-state index in [1.165, 1.54) is 12.0 Å². The molecule has 1 aromatic rings. The molecule has 1 fully saturated rings. The molecule has 2 heteroatoms. The first-order valence-corrected chi connectivity index (χ1v) is 7.04. The summed E-state index contributed by atoms with van der Waals surface area (Å²) >= 11 is 0. The van der Waals surface area contributed by atoms with Gasteiger partial charge in [-0.05, 0) is 37.7 Å². The SMILES string of the molecule is COC1CCCCC1(O)CCCc1ccccc1. The van der Waals surface area contributed by atoms with E-state index < -0.39 is 5.60 Å². The van der Waals surface area contributed by atoms with Gasteiger partial charge in [0.1, 0.15) is 0 Å². The summed E-state index contributed by atoms with van der Waals surface area (Å²) < 4.78 is 5.46. The van der Waals surface area contributed by atoms with Crippen LogP contribution in [0.3, 0.4) is 0 Å². The van der Waals surface area contributed by atoms with Crippen molar-refractivity contribution in [2.45, 2.75) is 56.7 Å². The van der Waals surface area contributed by atoms with Crippen LogP contribution in [-0.2, 0) is 11.2 Å². The van der Waals surface area contributed by atoms with Gasteiger partial charge in [0.05, 0.1) is 11.7 Å². The molecule has 0 saturated heterocycles. The predicted molar refractivity (Wildman–Crippen MR) is 73.6 cm³/mol. The van der Waals surface area contributed by atoms with Crippen LogP contribution in [0.25, 0.3) is 0 Å². The zero-order valence-electron chi connectivity index (χ0n) is 11.3. The summed E-state index contributed by atoms with van der Waals surface area (Å²) in [5, 5.41) is 10.7. The summed E-state index contributed by atoms with van der Waals surface area (Å²) in [6.45, 7) is 0. The average molecular weight is 248 g/mol. The molecule has 2 atom stereocenters. The molecule has 100 valence electrons. The lowest BCUT2D eigenvalue weighted by molar-refractivity contribution is -0.121. The summed E-state index contributed by atoms with van der Waals surface area (Å²) in [5.41, 5.74) is 0.757. The molecule has 0 heterocycles. The molecule has 0 spiro atoms. The van der Waals surface area contributed by atoms with Crippen molar-refractivity contribution in [1.82, 2.24) is 0 Å². The number of rotatable bonds is 5. The van der Waals surface area contributed by atoms with Crippen LogP contribution in [0, 0.1) is 0 Å². The Hall–Kier alpha value is -0.860. The van der Waals surface area contributed by atoms with Crippen LogP contribution in [0.5, 0.6) is 0 Å². The Labute approximate surface area is 110 Å². The quantitative estimate of drug-likeness (QED) is 0.866. The van der Waals surface area contributed by atoms with Crippen LogP contribution in [-0.4, -0.2) is 23.9 Å². The van der Waals surface area contributed by atoms with Crippen LogP contribution in [0.2, 0.25) is 0 Å². The lowest BCUT2D eigenvalue weighted by Crippen LogP contribution is -2.45. The lowest BCUT2D eigenvalue weighted by atomic mass is 9.78. The molecule has 1 N–H and O–H groups in total. The standard InChI is InChI=1S/C16H24O2/c1-18-15-11-5-6-12-16(15,17)13-7-10-14-8-3-2-4-9-14/h2-4,8-9,15,17H,5-7,10-13H2,1H3. The third kappa shape index (κ3) is 3.33. The van der Waals surface area contributed by atoms with Crippen LogP contribution < -0.4 is 0 Å². The molecule has 0 radical (unpaired) electrons. The van der Waals surface area contributed by atoms with Gasteiger partial charge < -0.3 is 9.84 Å². The normalized spacial score (nSPS) is 28.2. The molecular formula is C16H24O2. The Morgan fingerprint density at radius 1 is 1.28 bits per heavy atom. The molecule has 2 nitrogen and oxygen atoms in total. The number of ether oxygens (including phenoxy) is 1. The highest BCUT2D eigenvalue weighted by Gasteiger charge is 2.38. The second-order valence-corrected chi connectivity index (χ2v) is 5.41. The second kappa shape index (κ2) is 6.35. The van der Waals surface area contributed by atoms with Gasteiger partial charge in [0.25, 0.3) is 0 Å².